The molecule has 4 rings (SSSR count). The summed E-state index contributed by atoms with van der Waals surface area (Å²) in [4.78, 5) is 14.9. The van der Waals surface area contributed by atoms with E-state index in [1.807, 2.05) is 35.2 Å². The van der Waals surface area contributed by atoms with Crippen molar-refractivity contribution in [3.05, 3.63) is 65.5 Å². The van der Waals surface area contributed by atoms with Gasteiger partial charge in [0.1, 0.15) is 11.6 Å². The van der Waals surface area contributed by atoms with E-state index < -0.39 is 0 Å². The van der Waals surface area contributed by atoms with Crippen LogP contribution in [0.4, 0.5) is 5.69 Å². The van der Waals surface area contributed by atoms with E-state index in [2.05, 4.69) is 39.9 Å². The van der Waals surface area contributed by atoms with Gasteiger partial charge in [-0.15, -0.1) is 10.2 Å². The Morgan fingerprint density at radius 1 is 1.10 bits per heavy atom. The lowest BCUT2D eigenvalue weighted by Gasteiger charge is -2.29. The molecule has 0 spiro atoms. The SMILES string of the molecule is CCn1c(CCc2ccc(OC)cc2)nnc1SCC(=O)N1CCCc2ccccc21. The van der Waals surface area contributed by atoms with Crippen LogP contribution < -0.4 is 9.64 Å². The van der Waals surface area contributed by atoms with Crippen LogP contribution in [0.15, 0.2) is 53.7 Å². The molecule has 2 aromatic carbocycles. The Hall–Kier alpha value is -2.80. The largest absolute Gasteiger partial charge is 0.497 e. The number of benzene rings is 2. The maximum absolute atomic E-state index is 12.9. The lowest BCUT2D eigenvalue weighted by molar-refractivity contribution is -0.116. The summed E-state index contributed by atoms with van der Waals surface area (Å²) in [6, 6.07) is 16.3. The van der Waals surface area contributed by atoms with Gasteiger partial charge in [0, 0.05) is 25.2 Å². The molecule has 1 amide bonds. The highest BCUT2D eigenvalue weighted by molar-refractivity contribution is 7.99. The second-order valence-electron chi connectivity index (χ2n) is 7.56. The maximum atomic E-state index is 12.9. The minimum absolute atomic E-state index is 0.127. The topological polar surface area (TPSA) is 60.2 Å². The number of hydrogen-bond acceptors (Lipinski definition) is 5. The summed E-state index contributed by atoms with van der Waals surface area (Å²) in [6.07, 6.45) is 3.74. The number of methoxy groups -OCH3 is 1. The fourth-order valence-electron chi connectivity index (χ4n) is 3.97. The van der Waals surface area contributed by atoms with Gasteiger partial charge in [0.25, 0.3) is 0 Å². The van der Waals surface area contributed by atoms with E-state index >= 15 is 0 Å². The summed E-state index contributed by atoms with van der Waals surface area (Å²) in [5.74, 6) is 2.31. The molecule has 162 valence electrons. The van der Waals surface area contributed by atoms with Crippen LogP contribution in [0.2, 0.25) is 0 Å². The van der Waals surface area contributed by atoms with Gasteiger partial charge in [-0.1, -0.05) is 42.1 Å². The minimum Gasteiger partial charge on any atom is -0.497 e. The first-order valence-electron chi connectivity index (χ1n) is 10.8. The van der Waals surface area contributed by atoms with Crippen molar-refractivity contribution in [2.45, 2.75) is 44.3 Å². The van der Waals surface area contributed by atoms with Crippen LogP contribution in [0.1, 0.15) is 30.3 Å². The van der Waals surface area contributed by atoms with Gasteiger partial charge in [-0.2, -0.15) is 0 Å². The number of carbonyl (C=O) groups excluding carboxylic acids is 1. The third-order valence-electron chi connectivity index (χ3n) is 5.64. The molecule has 1 aliphatic rings. The predicted molar refractivity (Wildman–Crippen MR) is 124 cm³/mol. The summed E-state index contributed by atoms with van der Waals surface area (Å²) in [7, 11) is 1.67. The molecule has 0 bridgehead atoms. The molecule has 31 heavy (non-hydrogen) atoms. The van der Waals surface area contributed by atoms with E-state index in [0.717, 1.165) is 61.2 Å². The summed E-state index contributed by atoms with van der Waals surface area (Å²) in [5, 5.41) is 9.59. The number of carbonyl (C=O) groups is 1. The fourth-order valence-corrected chi connectivity index (χ4v) is 4.87. The lowest BCUT2D eigenvalue weighted by Crippen LogP contribution is -2.36. The third-order valence-corrected chi connectivity index (χ3v) is 6.59. The molecular weight excluding hydrogens is 408 g/mol. The van der Waals surface area contributed by atoms with Crippen molar-refractivity contribution in [1.82, 2.24) is 14.8 Å². The third kappa shape index (κ3) is 4.93. The summed E-state index contributed by atoms with van der Waals surface area (Å²) < 4.78 is 7.34. The van der Waals surface area contributed by atoms with E-state index in [0.29, 0.717) is 5.75 Å². The number of para-hydroxylation sites is 1. The Balaban J connectivity index is 1.38. The number of rotatable bonds is 8. The molecule has 0 saturated carbocycles. The average Bonchev–Trinajstić information content (AvgIpc) is 3.22. The van der Waals surface area contributed by atoms with Crippen LogP contribution in [0, 0.1) is 0 Å². The molecule has 6 nitrogen and oxygen atoms in total. The first-order valence-corrected chi connectivity index (χ1v) is 11.7. The number of ether oxygens (including phenoxy) is 1. The molecular formula is C24H28N4O2S. The lowest BCUT2D eigenvalue weighted by atomic mass is 10.0. The van der Waals surface area contributed by atoms with Gasteiger partial charge in [0.2, 0.25) is 5.91 Å². The van der Waals surface area contributed by atoms with Gasteiger partial charge in [-0.05, 0) is 55.5 Å². The molecule has 0 unspecified atom stereocenters. The standard InChI is InChI=1S/C24H28N4O2S/c1-3-27-22(15-12-18-10-13-20(30-2)14-11-18)25-26-24(27)31-17-23(29)28-16-6-8-19-7-4-5-9-21(19)28/h4-5,7,9-11,13-14H,3,6,8,12,15-17H2,1-2H3. The van der Waals surface area contributed by atoms with Crippen molar-refractivity contribution in [1.29, 1.82) is 0 Å². The first kappa shape index (κ1) is 21.4. The number of nitrogens with zero attached hydrogens (tertiary/aromatic N) is 4. The van der Waals surface area contributed by atoms with Gasteiger partial charge in [0.15, 0.2) is 5.16 Å². The van der Waals surface area contributed by atoms with Crippen molar-refractivity contribution in [2.24, 2.45) is 0 Å². The van der Waals surface area contributed by atoms with Crippen LogP contribution in [0.3, 0.4) is 0 Å². The Morgan fingerprint density at radius 2 is 1.90 bits per heavy atom. The highest BCUT2D eigenvalue weighted by Gasteiger charge is 2.23. The summed E-state index contributed by atoms with van der Waals surface area (Å²) in [6.45, 7) is 3.66. The minimum atomic E-state index is 0.127. The zero-order valence-corrected chi connectivity index (χ0v) is 18.9. The van der Waals surface area contributed by atoms with Crippen molar-refractivity contribution in [3.8, 4) is 5.75 Å². The maximum Gasteiger partial charge on any atom is 0.237 e. The van der Waals surface area contributed by atoms with E-state index in [1.54, 1.807) is 7.11 Å². The molecule has 2 heterocycles. The second kappa shape index (κ2) is 10.0. The molecule has 3 aromatic rings. The van der Waals surface area contributed by atoms with Crippen LogP contribution in [-0.4, -0.2) is 40.1 Å². The Morgan fingerprint density at radius 3 is 2.68 bits per heavy atom. The number of anilines is 1. The number of thioether (sulfide) groups is 1. The van der Waals surface area contributed by atoms with Gasteiger partial charge < -0.3 is 14.2 Å². The average molecular weight is 437 g/mol. The van der Waals surface area contributed by atoms with Crippen LogP contribution in [-0.2, 0) is 30.6 Å². The number of fused-ring (bicyclic) bond motifs is 1. The van der Waals surface area contributed by atoms with Gasteiger partial charge in [-0.3, -0.25) is 4.79 Å². The molecule has 0 saturated heterocycles. The van der Waals surface area contributed by atoms with Crippen molar-refractivity contribution >= 4 is 23.4 Å². The summed E-state index contributed by atoms with van der Waals surface area (Å²) >= 11 is 1.48. The Labute approximate surface area is 187 Å². The zero-order valence-electron chi connectivity index (χ0n) is 18.1. The van der Waals surface area contributed by atoms with E-state index in [9.17, 15) is 4.79 Å². The number of amides is 1. The Kier molecular flexibility index (Phi) is 6.92. The van der Waals surface area contributed by atoms with Gasteiger partial charge in [0.05, 0.1) is 12.9 Å². The van der Waals surface area contributed by atoms with Gasteiger partial charge in [-0.25, -0.2) is 0 Å². The summed E-state index contributed by atoms with van der Waals surface area (Å²) in [5.41, 5.74) is 3.54. The number of aryl methyl sites for hydroxylation is 3. The molecule has 0 fully saturated rings. The van der Waals surface area contributed by atoms with Crippen molar-refractivity contribution < 1.29 is 9.53 Å². The second-order valence-corrected chi connectivity index (χ2v) is 8.50. The zero-order chi connectivity index (χ0) is 21.6. The van der Waals surface area contributed by atoms with Gasteiger partial charge >= 0.3 is 0 Å². The molecule has 1 aromatic heterocycles. The molecule has 0 aliphatic carbocycles. The predicted octanol–water partition coefficient (Wildman–Crippen LogP) is 4.16. The normalized spacial score (nSPS) is 13.2. The fraction of sp³-hybridized carbons (Fsp3) is 0.375. The van der Waals surface area contributed by atoms with E-state index in [-0.39, 0.29) is 5.91 Å². The highest BCUT2D eigenvalue weighted by atomic mass is 32.2. The van der Waals surface area contributed by atoms with Crippen LogP contribution in [0.5, 0.6) is 5.75 Å². The smallest absolute Gasteiger partial charge is 0.237 e. The monoisotopic (exact) mass is 436 g/mol. The number of hydrogen-bond donors (Lipinski definition) is 0. The Bertz CT molecular complexity index is 1030. The number of aromatic nitrogens is 3. The van der Waals surface area contributed by atoms with Crippen molar-refractivity contribution in [3.63, 3.8) is 0 Å². The van der Waals surface area contributed by atoms with Crippen molar-refractivity contribution in [2.75, 3.05) is 24.3 Å². The molecule has 7 heteroatoms. The molecule has 0 radical (unpaired) electrons. The highest BCUT2D eigenvalue weighted by Crippen LogP contribution is 2.28. The quantitative estimate of drug-likeness (QED) is 0.496. The van der Waals surface area contributed by atoms with Crippen LogP contribution in [0.25, 0.3) is 0 Å². The first-order chi connectivity index (χ1) is 15.2. The van der Waals surface area contributed by atoms with Crippen LogP contribution >= 0.6 is 11.8 Å². The molecule has 0 atom stereocenters. The van der Waals surface area contributed by atoms with E-state index in [1.165, 1.54) is 22.9 Å². The molecule has 0 N–H and O–H groups in total. The van der Waals surface area contributed by atoms with E-state index in [4.69, 9.17) is 4.74 Å². The molecule has 1 aliphatic heterocycles.